The van der Waals surface area contributed by atoms with Gasteiger partial charge in [-0.2, -0.15) is 0 Å². The van der Waals surface area contributed by atoms with Gasteiger partial charge in [0.05, 0.1) is 6.61 Å². The molecular weight excluding hydrogens is 359 g/mol. The number of carbonyl (C=O) groups is 2. The molecule has 2 rings (SSSR count). The van der Waals surface area contributed by atoms with Crippen molar-refractivity contribution < 1.29 is 18.7 Å². The number of hydrogen-bond donors (Lipinski definition) is 1. The molecule has 1 atom stereocenters. The van der Waals surface area contributed by atoms with Crippen LogP contribution in [0.2, 0.25) is 0 Å². The first kappa shape index (κ1) is 21.6. The lowest BCUT2D eigenvalue weighted by molar-refractivity contribution is -0.141. The Kier molecular flexibility index (Phi) is 8.62. The minimum atomic E-state index is -0.670. The molecule has 0 saturated heterocycles. The second kappa shape index (κ2) is 11.2. The molecule has 28 heavy (non-hydrogen) atoms. The number of carbonyl (C=O) groups excluding carboxylic acids is 2. The molecule has 0 radical (unpaired) electrons. The number of nitrogens with one attached hydrogen (secondary N) is 1. The summed E-state index contributed by atoms with van der Waals surface area (Å²) in [5.74, 6) is -0.702. The SMILES string of the molecule is CCC(=O)N(Cc1ccc(F)cc1)C(Cc1ccccc1)C(=O)NCCOC. The first-order valence-corrected chi connectivity index (χ1v) is 9.39. The van der Waals surface area contributed by atoms with Gasteiger partial charge in [-0.25, -0.2) is 4.39 Å². The summed E-state index contributed by atoms with van der Waals surface area (Å²) in [7, 11) is 1.56. The summed E-state index contributed by atoms with van der Waals surface area (Å²) in [5, 5.41) is 2.84. The summed E-state index contributed by atoms with van der Waals surface area (Å²) in [6.45, 7) is 2.76. The van der Waals surface area contributed by atoms with Crippen molar-refractivity contribution in [2.75, 3.05) is 20.3 Å². The maximum atomic E-state index is 13.2. The average Bonchev–Trinajstić information content (AvgIpc) is 2.72. The van der Waals surface area contributed by atoms with Gasteiger partial charge in [0.2, 0.25) is 11.8 Å². The number of hydrogen-bond acceptors (Lipinski definition) is 3. The molecule has 1 unspecified atom stereocenters. The van der Waals surface area contributed by atoms with E-state index in [1.165, 1.54) is 12.1 Å². The standard InChI is InChI=1S/C22H27FN2O3/c1-3-21(26)25(16-18-9-11-19(23)12-10-18)20(22(27)24-13-14-28-2)15-17-7-5-4-6-8-17/h4-12,20H,3,13-16H2,1-2H3,(H,24,27). The van der Waals surface area contributed by atoms with E-state index in [2.05, 4.69) is 5.32 Å². The third-order valence-corrected chi connectivity index (χ3v) is 4.45. The molecule has 1 N–H and O–H groups in total. The van der Waals surface area contributed by atoms with Crippen LogP contribution in [0.3, 0.4) is 0 Å². The predicted molar refractivity (Wildman–Crippen MR) is 106 cm³/mol. The first-order chi connectivity index (χ1) is 13.5. The van der Waals surface area contributed by atoms with Crippen LogP contribution in [0.15, 0.2) is 54.6 Å². The Hall–Kier alpha value is -2.73. The molecule has 2 amide bonds. The Labute approximate surface area is 165 Å². The summed E-state index contributed by atoms with van der Waals surface area (Å²) in [4.78, 5) is 27.2. The summed E-state index contributed by atoms with van der Waals surface area (Å²) >= 11 is 0. The van der Waals surface area contributed by atoms with Crippen molar-refractivity contribution in [2.24, 2.45) is 0 Å². The third kappa shape index (κ3) is 6.46. The summed E-state index contributed by atoms with van der Waals surface area (Å²) in [6, 6.07) is 14.9. The van der Waals surface area contributed by atoms with E-state index >= 15 is 0 Å². The first-order valence-electron chi connectivity index (χ1n) is 9.39. The maximum absolute atomic E-state index is 13.2. The Balaban J connectivity index is 2.28. The van der Waals surface area contributed by atoms with Gasteiger partial charge in [0.15, 0.2) is 0 Å². The minimum absolute atomic E-state index is 0.132. The van der Waals surface area contributed by atoms with E-state index in [0.29, 0.717) is 19.6 Å². The van der Waals surface area contributed by atoms with Crippen LogP contribution in [-0.2, 0) is 27.3 Å². The smallest absolute Gasteiger partial charge is 0.243 e. The van der Waals surface area contributed by atoms with Gasteiger partial charge < -0.3 is 15.0 Å². The lowest BCUT2D eigenvalue weighted by Crippen LogP contribution is -2.50. The van der Waals surface area contributed by atoms with E-state index < -0.39 is 6.04 Å². The van der Waals surface area contributed by atoms with Crippen molar-refractivity contribution in [1.82, 2.24) is 10.2 Å². The van der Waals surface area contributed by atoms with Gasteiger partial charge in [0.25, 0.3) is 0 Å². The normalized spacial score (nSPS) is 11.7. The Morgan fingerprint density at radius 3 is 2.36 bits per heavy atom. The fourth-order valence-electron chi connectivity index (χ4n) is 2.94. The van der Waals surface area contributed by atoms with E-state index in [4.69, 9.17) is 4.74 Å². The number of ether oxygens (including phenoxy) is 1. The molecule has 0 bridgehead atoms. The molecule has 0 fully saturated rings. The zero-order chi connectivity index (χ0) is 20.4. The van der Waals surface area contributed by atoms with Crippen molar-refractivity contribution in [3.63, 3.8) is 0 Å². The van der Waals surface area contributed by atoms with E-state index in [9.17, 15) is 14.0 Å². The zero-order valence-corrected chi connectivity index (χ0v) is 16.4. The van der Waals surface area contributed by atoms with Gasteiger partial charge in [-0.1, -0.05) is 49.4 Å². The maximum Gasteiger partial charge on any atom is 0.243 e. The highest BCUT2D eigenvalue weighted by Gasteiger charge is 2.29. The number of halogens is 1. The van der Waals surface area contributed by atoms with Crippen LogP contribution in [0.25, 0.3) is 0 Å². The van der Waals surface area contributed by atoms with Crippen molar-refractivity contribution in [3.8, 4) is 0 Å². The largest absolute Gasteiger partial charge is 0.383 e. The molecule has 2 aromatic rings. The van der Waals surface area contributed by atoms with Crippen molar-refractivity contribution in [2.45, 2.75) is 32.4 Å². The van der Waals surface area contributed by atoms with E-state index in [1.807, 2.05) is 30.3 Å². The highest BCUT2D eigenvalue weighted by atomic mass is 19.1. The quantitative estimate of drug-likeness (QED) is 0.639. The van der Waals surface area contributed by atoms with Crippen LogP contribution in [0, 0.1) is 5.82 Å². The topological polar surface area (TPSA) is 58.6 Å². The fraction of sp³-hybridized carbons (Fsp3) is 0.364. The molecule has 5 nitrogen and oxygen atoms in total. The average molecular weight is 386 g/mol. The van der Waals surface area contributed by atoms with Gasteiger partial charge in [-0.15, -0.1) is 0 Å². The van der Waals surface area contributed by atoms with Gasteiger partial charge in [-0.05, 0) is 23.3 Å². The van der Waals surface area contributed by atoms with E-state index in [0.717, 1.165) is 11.1 Å². The van der Waals surface area contributed by atoms with E-state index in [1.54, 1.807) is 31.1 Å². The van der Waals surface area contributed by atoms with Gasteiger partial charge in [-0.3, -0.25) is 9.59 Å². The molecule has 150 valence electrons. The summed E-state index contributed by atoms with van der Waals surface area (Å²) in [6.07, 6.45) is 0.671. The van der Waals surface area contributed by atoms with Crippen LogP contribution in [0.5, 0.6) is 0 Å². The highest BCUT2D eigenvalue weighted by Crippen LogP contribution is 2.16. The molecule has 0 saturated carbocycles. The second-order valence-corrected chi connectivity index (χ2v) is 6.49. The molecule has 6 heteroatoms. The lowest BCUT2D eigenvalue weighted by Gasteiger charge is -2.31. The predicted octanol–water partition coefficient (Wildman–Crippen LogP) is 2.94. The van der Waals surface area contributed by atoms with Gasteiger partial charge >= 0.3 is 0 Å². The molecule has 0 aliphatic rings. The monoisotopic (exact) mass is 386 g/mol. The van der Waals surface area contributed by atoms with Crippen LogP contribution in [0.1, 0.15) is 24.5 Å². The van der Waals surface area contributed by atoms with Crippen LogP contribution >= 0.6 is 0 Å². The minimum Gasteiger partial charge on any atom is -0.383 e. The van der Waals surface area contributed by atoms with E-state index in [-0.39, 0.29) is 30.6 Å². The van der Waals surface area contributed by atoms with Crippen LogP contribution in [-0.4, -0.2) is 43.0 Å². The van der Waals surface area contributed by atoms with Crippen LogP contribution < -0.4 is 5.32 Å². The number of benzene rings is 2. The molecule has 0 heterocycles. The number of amides is 2. The summed E-state index contributed by atoms with van der Waals surface area (Å²) < 4.78 is 18.2. The van der Waals surface area contributed by atoms with Gasteiger partial charge in [0, 0.05) is 33.0 Å². The molecule has 2 aromatic carbocycles. The number of methoxy groups -OCH3 is 1. The van der Waals surface area contributed by atoms with Crippen molar-refractivity contribution >= 4 is 11.8 Å². The van der Waals surface area contributed by atoms with Crippen LogP contribution in [0.4, 0.5) is 4.39 Å². The Morgan fingerprint density at radius 1 is 1.07 bits per heavy atom. The molecule has 0 spiro atoms. The van der Waals surface area contributed by atoms with Crippen molar-refractivity contribution in [3.05, 3.63) is 71.5 Å². The molecular formula is C22H27FN2O3. The number of nitrogens with zero attached hydrogens (tertiary/aromatic N) is 1. The summed E-state index contributed by atoms with van der Waals surface area (Å²) in [5.41, 5.74) is 1.73. The Bertz CT molecular complexity index is 750. The second-order valence-electron chi connectivity index (χ2n) is 6.49. The third-order valence-electron chi connectivity index (χ3n) is 4.45. The number of rotatable bonds is 10. The zero-order valence-electron chi connectivity index (χ0n) is 16.4. The lowest BCUT2D eigenvalue weighted by atomic mass is 10.0. The fourth-order valence-corrected chi connectivity index (χ4v) is 2.94. The highest BCUT2D eigenvalue weighted by molar-refractivity contribution is 5.87. The van der Waals surface area contributed by atoms with Gasteiger partial charge in [0.1, 0.15) is 11.9 Å². The molecule has 0 aliphatic heterocycles. The molecule has 0 aromatic heterocycles. The Morgan fingerprint density at radius 2 is 1.75 bits per heavy atom. The van der Waals surface area contributed by atoms with Crippen molar-refractivity contribution in [1.29, 1.82) is 0 Å². The molecule has 0 aliphatic carbocycles.